The molecule has 3 aromatic rings. The Kier molecular flexibility index (Phi) is 7.92. The topological polar surface area (TPSA) is 136 Å². The number of nitrogens with one attached hydrogen (secondary N) is 1. The second kappa shape index (κ2) is 11.3. The van der Waals surface area contributed by atoms with Crippen molar-refractivity contribution in [1.29, 1.82) is 0 Å². The van der Waals surface area contributed by atoms with Crippen LogP contribution < -0.4 is 10.5 Å². The van der Waals surface area contributed by atoms with Crippen molar-refractivity contribution < 1.29 is 37.0 Å². The molecule has 4 heterocycles. The number of halogens is 3. The van der Waals surface area contributed by atoms with Gasteiger partial charge < -0.3 is 34.7 Å². The third-order valence-corrected chi connectivity index (χ3v) is 7.17. The van der Waals surface area contributed by atoms with Crippen LogP contribution in [0.15, 0.2) is 30.5 Å². The molecule has 5 rings (SSSR count). The Morgan fingerprint density at radius 1 is 1.10 bits per heavy atom. The van der Waals surface area contributed by atoms with Crippen molar-refractivity contribution in [1.82, 2.24) is 24.8 Å². The molecule has 3 N–H and O–H groups in total. The Morgan fingerprint density at radius 3 is 2.50 bits per heavy atom. The number of aromatic nitrogens is 3. The summed E-state index contributed by atoms with van der Waals surface area (Å²) >= 11 is 0. The first-order valence-corrected chi connectivity index (χ1v) is 13.7. The third-order valence-electron chi connectivity index (χ3n) is 7.17. The Bertz CT molecular complexity index is 1460. The van der Waals surface area contributed by atoms with Crippen molar-refractivity contribution in [2.24, 2.45) is 0 Å². The number of aromatic amines is 1. The SMILES string of the molecule is CC(C)(C)OC(=O)N1CCOC(c2nc3nccc(C4CCN(C(=O)c5ccc(OC(F)(F)F)cc5N)CC4)c3[nH]2)C1. The molecule has 0 radical (unpaired) electrons. The van der Waals surface area contributed by atoms with Crippen molar-refractivity contribution in [3.63, 3.8) is 0 Å². The van der Waals surface area contributed by atoms with E-state index < -0.39 is 29.9 Å². The van der Waals surface area contributed by atoms with Gasteiger partial charge in [-0.05, 0) is 63.3 Å². The molecule has 0 aliphatic carbocycles. The number of nitrogens with two attached hydrogens (primary N) is 1. The lowest BCUT2D eigenvalue weighted by atomic mass is 9.89. The van der Waals surface area contributed by atoms with E-state index in [4.69, 9.17) is 15.2 Å². The summed E-state index contributed by atoms with van der Waals surface area (Å²) in [5.74, 6) is -0.151. The molecule has 2 aliphatic heterocycles. The van der Waals surface area contributed by atoms with E-state index in [0.717, 1.165) is 23.2 Å². The molecule has 0 bridgehead atoms. The number of imidazole rings is 1. The summed E-state index contributed by atoms with van der Waals surface area (Å²) in [5.41, 5.74) is 7.65. The molecule has 2 saturated heterocycles. The Labute approximate surface area is 240 Å². The molecule has 14 heteroatoms. The average Bonchev–Trinajstić information content (AvgIpc) is 3.36. The minimum Gasteiger partial charge on any atom is -0.444 e. The van der Waals surface area contributed by atoms with Gasteiger partial charge in [0.05, 0.1) is 24.2 Å². The molecule has 0 spiro atoms. The van der Waals surface area contributed by atoms with Gasteiger partial charge in [0, 0.05) is 37.6 Å². The van der Waals surface area contributed by atoms with Crippen molar-refractivity contribution in [3.05, 3.63) is 47.4 Å². The van der Waals surface area contributed by atoms with E-state index >= 15 is 0 Å². The maximum Gasteiger partial charge on any atom is 0.573 e. The molecule has 42 heavy (non-hydrogen) atoms. The zero-order chi connectivity index (χ0) is 30.2. The summed E-state index contributed by atoms with van der Waals surface area (Å²) in [6.07, 6.45) is -2.72. The molecule has 2 aliphatic rings. The van der Waals surface area contributed by atoms with E-state index in [1.165, 1.54) is 6.07 Å². The highest BCUT2D eigenvalue weighted by Gasteiger charge is 2.33. The molecule has 1 unspecified atom stereocenters. The van der Waals surface area contributed by atoms with E-state index in [-0.39, 0.29) is 29.6 Å². The number of pyridine rings is 1. The van der Waals surface area contributed by atoms with Crippen LogP contribution in [0, 0.1) is 0 Å². The molecule has 2 fully saturated rings. The highest BCUT2D eigenvalue weighted by molar-refractivity contribution is 5.99. The van der Waals surface area contributed by atoms with Crippen LogP contribution in [0.25, 0.3) is 11.2 Å². The highest BCUT2D eigenvalue weighted by Crippen LogP contribution is 2.34. The number of H-pyrrole nitrogens is 1. The zero-order valence-corrected chi connectivity index (χ0v) is 23.5. The van der Waals surface area contributed by atoms with Crippen molar-refractivity contribution in [2.75, 3.05) is 38.5 Å². The van der Waals surface area contributed by atoms with E-state index in [9.17, 15) is 22.8 Å². The lowest BCUT2D eigenvalue weighted by Crippen LogP contribution is -2.44. The lowest BCUT2D eigenvalue weighted by molar-refractivity contribution is -0.274. The average molecular weight is 591 g/mol. The fourth-order valence-electron chi connectivity index (χ4n) is 5.24. The second-order valence-electron chi connectivity index (χ2n) is 11.4. The number of piperidine rings is 1. The molecule has 1 atom stereocenters. The van der Waals surface area contributed by atoms with Gasteiger partial charge in [-0.1, -0.05) is 0 Å². The fraction of sp³-hybridized carbons (Fsp3) is 0.500. The summed E-state index contributed by atoms with van der Waals surface area (Å²) in [4.78, 5) is 41.4. The number of rotatable bonds is 4. The van der Waals surface area contributed by atoms with E-state index in [1.807, 2.05) is 26.8 Å². The van der Waals surface area contributed by atoms with Crippen LogP contribution in [0.2, 0.25) is 0 Å². The number of carbonyl (C=O) groups excluding carboxylic acids is 2. The van der Waals surface area contributed by atoms with Gasteiger partial charge in [-0.2, -0.15) is 0 Å². The fourth-order valence-corrected chi connectivity index (χ4v) is 5.24. The maximum absolute atomic E-state index is 13.1. The van der Waals surface area contributed by atoms with Crippen LogP contribution in [0.4, 0.5) is 23.7 Å². The predicted octanol–water partition coefficient (Wildman–Crippen LogP) is 4.77. The van der Waals surface area contributed by atoms with Gasteiger partial charge in [-0.25, -0.2) is 14.8 Å². The second-order valence-corrected chi connectivity index (χ2v) is 11.4. The minimum atomic E-state index is -4.85. The van der Waals surface area contributed by atoms with Gasteiger partial charge in [0.1, 0.15) is 23.3 Å². The standard InChI is InChI=1S/C28H33F3N6O5/c1-27(2,3)42-26(39)37-12-13-40-21(15-37)23-34-22-18(6-9-33-24(22)35-23)16-7-10-36(11-8-16)25(38)19-5-4-17(14-20(19)32)41-28(29,30)31/h4-6,9,14,16,21H,7-8,10-13,15,32H2,1-3H3,(H,33,34,35). The van der Waals surface area contributed by atoms with Gasteiger partial charge in [-0.3, -0.25) is 4.79 Å². The van der Waals surface area contributed by atoms with E-state index in [2.05, 4.69) is 19.7 Å². The van der Waals surface area contributed by atoms with Crippen LogP contribution in [0.3, 0.4) is 0 Å². The molecular weight excluding hydrogens is 557 g/mol. The van der Waals surface area contributed by atoms with E-state index in [1.54, 1.807) is 16.0 Å². The Hall–Kier alpha value is -4.07. The van der Waals surface area contributed by atoms with Gasteiger partial charge in [0.2, 0.25) is 0 Å². The normalized spacial score (nSPS) is 18.8. The lowest BCUT2D eigenvalue weighted by Gasteiger charge is -2.33. The van der Waals surface area contributed by atoms with Gasteiger partial charge in [0.15, 0.2) is 5.65 Å². The first-order chi connectivity index (χ1) is 19.8. The summed E-state index contributed by atoms with van der Waals surface area (Å²) in [5, 5.41) is 0. The first-order valence-electron chi connectivity index (χ1n) is 13.7. The number of fused-ring (bicyclic) bond motifs is 1. The molecule has 0 saturated carbocycles. The minimum absolute atomic E-state index is 0.0835. The number of ether oxygens (including phenoxy) is 3. The number of hydrogen-bond acceptors (Lipinski definition) is 8. The number of benzene rings is 1. The molecular formula is C28H33F3N6O5. The summed E-state index contributed by atoms with van der Waals surface area (Å²) in [6.45, 7) is 7.38. The van der Waals surface area contributed by atoms with Crippen molar-refractivity contribution >= 4 is 28.9 Å². The number of alkyl halides is 3. The molecule has 2 amide bonds. The van der Waals surface area contributed by atoms with Gasteiger partial charge >= 0.3 is 12.5 Å². The quantitative estimate of drug-likeness (QED) is 0.415. The summed E-state index contributed by atoms with van der Waals surface area (Å²) < 4.78 is 52.9. The van der Waals surface area contributed by atoms with Crippen molar-refractivity contribution in [2.45, 2.75) is 57.6 Å². The number of carbonyl (C=O) groups is 2. The predicted molar refractivity (Wildman–Crippen MR) is 146 cm³/mol. The Morgan fingerprint density at radius 2 is 1.83 bits per heavy atom. The van der Waals surface area contributed by atoms with Gasteiger partial charge in [0.25, 0.3) is 5.91 Å². The largest absolute Gasteiger partial charge is 0.573 e. The molecule has 2 aromatic heterocycles. The Balaban J connectivity index is 1.25. The monoisotopic (exact) mass is 590 g/mol. The zero-order valence-electron chi connectivity index (χ0n) is 23.5. The van der Waals surface area contributed by atoms with Crippen LogP contribution in [0.1, 0.15) is 67.4 Å². The number of nitrogens with zero attached hydrogens (tertiary/aromatic N) is 4. The molecule has 1 aromatic carbocycles. The maximum atomic E-state index is 13.1. The number of hydrogen-bond donors (Lipinski definition) is 2. The number of amides is 2. The van der Waals surface area contributed by atoms with Crippen LogP contribution in [0.5, 0.6) is 5.75 Å². The molecule has 226 valence electrons. The number of nitrogen functional groups attached to an aromatic ring is 1. The highest BCUT2D eigenvalue weighted by atomic mass is 19.4. The van der Waals surface area contributed by atoms with Crippen LogP contribution in [-0.2, 0) is 9.47 Å². The van der Waals surface area contributed by atoms with Crippen LogP contribution in [-0.4, -0.2) is 81.5 Å². The molecule has 11 nitrogen and oxygen atoms in total. The third kappa shape index (κ3) is 6.69. The van der Waals surface area contributed by atoms with Gasteiger partial charge in [-0.15, -0.1) is 13.2 Å². The smallest absolute Gasteiger partial charge is 0.444 e. The van der Waals surface area contributed by atoms with Crippen molar-refractivity contribution in [3.8, 4) is 5.75 Å². The number of anilines is 1. The summed E-state index contributed by atoms with van der Waals surface area (Å²) in [7, 11) is 0. The van der Waals surface area contributed by atoms with Crippen LogP contribution >= 0.6 is 0 Å². The van der Waals surface area contributed by atoms with E-state index in [0.29, 0.717) is 50.6 Å². The number of morpholine rings is 1. The first kappa shape index (κ1) is 29.4. The number of likely N-dealkylation sites (tertiary alicyclic amines) is 1. The summed E-state index contributed by atoms with van der Waals surface area (Å²) in [6, 6.07) is 5.26.